The topological polar surface area (TPSA) is 158 Å². The second-order valence-corrected chi connectivity index (χ2v) is 9.58. The zero-order chi connectivity index (χ0) is 26.7. The van der Waals surface area contributed by atoms with Crippen LogP contribution in [0.2, 0.25) is 0 Å². The summed E-state index contributed by atoms with van der Waals surface area (Å²) in [6.45, 7) is -0.588. The van der Waals surface area contributed by atoms with Crippen molar-refractivity contribution in [3.05, 3.63) is 35.4 Å². The molecule has 1 fully saturated rings. The molecule has 0 spiro atoms. The van der Waals surface area contributed by atoms with Gasteiger partial charge in [0, 0.05) is 11.1 Å². The van der Waals surface area contributed by atoms with E-state index in [4.69, 9.17) is 18.9 Å². The lowest BCUT2D eigenvalue weighted by molar-refractivity contribution is -0.277. The standard InChI is InChI=1S/C27H36O10/c1-34-25-18-12-15(5-3-4-6-16(29)9-7-14-8-10-19(30)17(18)11-14)24(26(25)35-2)37-27-23(33)22(32)21(31)20(13-28)36-27/h8,10-12,16,20-23,27-33H,3-7,9,13H2,1-2H3/t16-,20+,21+,22-,23+,27-/m0/s1. The fourth-order valence-corrected chi connectivity index (χ4v) is 4.99. The lowest BCUT2D eigenvalue weighted by Gasteiger charge is -2.40. The minimum Gasteiger partial charge on any atom is -0.507 e. The van der Waals surface area contributed by atoms with Gasteiger partial charge < -0.3 is 49.6 Å². The fourth-order valence-electron chi connectivity index (χ4n) is 4.99. The van der Waals surface area contributed by atoms with Crippen LogP contribution in [0.15, 0.2) is 24.3 Å². The highest BCUT2D eigenvalue weighted by Gasteiger charge is 2.45. The second-order valence-electron chi connectivity index (χ2n) is 9.58. The number of rotatable bonds is 5. The molecule has 1 aliphatic heterocycles. The summed E-state index contributed by atoms with van der Waals surface area (Å²) in [5, 5.41) is 61.7. The molecule has 0 amide bonds. The molecule has 10 nitrogen and oxygen atoms in total. The number of benzene rings is 2. The van der Waals surface area contributed by atoms with Crippen LogP contribution in [0.3, 0.4) is 0 Å². The fraction of sp³-hybridized carbons (Fsp3) is 0.556. The molecule has 204 valence electrons. The molecule has 1 aliphatic carbocycles. The number of methoxy groups -OCH3 is 2. The highest BCUT2D eigenvalue weighted by atomic mass is 16.7. The van der Waals surface area contributed by atoms with E-state index < -0.39 is 43.4 Å². The first kappa shape index (κ1) is 27.4. The molecule has 2 aromatic carbocycles. The number of fused-ring (bicyclic) bond motifs is 5. The van der Waals surface area contributed by atoms with E-state index in [2.05, 4.69) is 0 Å². The van der Waals surface area contributed by atoms with E-state index in [1.54, 1.807) is 6.07 Å². The summed E-state index contributed by atoms with van der Waals surface area (Å²) in [4.78, 5) is 0. The van der Waals surface area contributed by atoms with Gasteiger partial charge in [-0.05, 0) is 61.4 Å². The maximum atomic E-state index is 10.8. The van der Waals surface area contributed by atoms with Crippen LogP contribution in [-0.4, -0.2) is 88.3 Å². The molecule has 6 atom stereocenters. The predicted octanol–water partition coefficient (Wildman–Crippen LogP) is 1.27. The summed E-state index contributed by atoms with van der Waals surface area (Å²) >= 11 is 0. The summed E-state index contributed by atoms with van der Waals surface area (Å²) in [6, 6.07) is 7.13. The Bertz CT molecular complexity index is 1070. The van der Waals surface area contributed by atoms with Crippen molar-refractivity contribution in [3.63, 3.8) is 0 Å². The molecule has 10 heteroatoms. The van der Waals surface area contributed by atoms with Gasteiger partial charge in [-0.15, -0.1) is 0 Å². The average Bonchev–Trinajstić information content (AvgIpc) is 2.91. The predicted molar refractivity (Wildman–Crippen MR) is 133 cm³/mol. The van der Waals surface area contributed by atoms with Gasteiger partial charge in [0.1, 0.15) is 30.2 Å². The number of ether oxygens (including phenoxy) is 4. The third-order valence-electron chi connectivity index (χ3n) is 7.11. The molecular weight excluding hydrogens is 484 g/mol. The van der Waals surface area contributed by atoms with Crippen molar-refractivity contribution in [1.29, 1.82) is 0 Å². The molecule has 0 saturated carbocycles. The molecule has 2 aromatic rings. The van der Waals surface area contributed by atoms with Crippen LogP contribution in [0.25, 0.3) is 11.1 Å². The molecule has 0 unspecified atom stereocenters. The first-order chi connectivity index (χ1) is 17.8. The minimum atomic E-state index is -1.61. The van der Waals surface area contributed by atoms with Crippen LogP contribution >= 0.6 is 0 Å². The van der Waals surface area contributed by atoms with Crippen LogP contribution in [0, 0.1) is 0 Å². The van der Waals surface area contributed by atoms with Crippen molar-refractivity contribution < 1.29 is 49.6 Å². The van der Waals surface area contributed by atoms with Gasteiger partial charge in [0.2, 0.25) is 12.0 Å². The van der Waals surface area contributed by atoms with Crippen LogP contribution < -0.4 is 14.2 Å². The van der Waals surface area contributed by atoms with E-state index in [0.717, 1.165) is 12.0 Å². The van der Waals surface area contributed by atoms with Gasteiger partial charge in [0.05, 0.1) is 26.9 Å². The summed E-state index contributed by atoms with van der Waals surface area (Å²) in [7, 11) is 2.90. The van der Waals surface area contributed by atoms with Crippen molar-refractivity contribution >= 4 is 0 Å². The molecule has 37 heavy (non-hydrogen) atoms. The Hall–Kier alpha value is -2.60. The van der Waals surface area contributed by atoms with Crippen molar-refractivity contribution in [2.45, 2.75) is 75.3 Å². The summed E-state index contributed by atoms with van der Waals surface area (Å²) in [5.74, 6) is 0.742. The minimum absolute atomic E-state index is 0.0491. The third kappa shape index (κ3) is 5.64. The number of aryl methyl sites for hydroxylation is 2. The third-order valence-corrected chi connectivity index (χ3v) is 7.11. The highest BCUT2D eigenvalue weighted by molar-refractivity contribution is 5.81. The molecule has 0 radical (unpaired) electrons. The first-order valence-electron chi connectivity index (χ1n) is 12.5. The smallest absolute Gasteiger partial charge is 0.229 e. The van der Waals surface area contributed by atoms with E-state index in [9.17, 15) is 30.6 Å². The van der Waals surface area contributed by atoms with Crippen LogP contribution in [0.5, 0.6) is 23.0 Å². The Morgan fingerprint density at radius 1 is 0.838 bits per heavy atom. The van der Waals surface area contributed by atoms with Gasteiger partial charge in [-0.25, -0.2) is 0 Å². The van der Waals surface area contributed by atoms with Gasteiger partial charge in [0.15, 0.2) is 11.5 Å². The highest BCUT2D eigenvalue weighted by Crippen LogP contribution is 2.50. The monoisotopic (exact) mass is 520 g/mol. The number of hydrogen-bond donors (Lipinski definition) is 6. The van der Waals surface area contributed by atoms with Gasteiger partial charge in [-0.2, -0.15) is 0 Å². The molecule has 4 rings (SSSR count). The lowest BCUT2D eigenvalue weighted by Crippen LogP contribution is -2.60. The Morgan fingerprint density at radius 2 is 1.59 bits per heavy atom. The first-order valence-corrected chi connectivity index (χ1v) is 12.5. The van der Waals surface area contributed by atoms with Crippen molar-refractivity contribution in [2.24, 2.45) is 0 Å². The summed E-state index contributed by atoms with van der Waals surface area (Å²) in [6.07, 6.45) is -3.87. The largest absolute Gasteiger partial charge is 0.507 e. The molecular formula is C27H36O10. The number of aliphatic hydroxyl groups excluding tert-OH is 5. The maximum Gasteiger partial charge on any atom is 0.229 e. The second kappa shape index (κ2) is 11.8. The van der Waals surface area contributed by atoms with E-state index in [-0.39, 0.29) is 23.0 Å². The van der Waals surface area contributed by atoms with E-state index in [1.807, 2.05) is 18.2 Å². The lowest BCUT2D eigenvalue weighted by atomic mass is 9.95. The quantitative estimate of drug-likeness (QED) is 0.339. The van der Waals surface area contributed by atoms with Crippen molar-refractivity contribution in [1.82, 2.24) is 0 Å². The van der Waals surface area contributed by atoms with E-state index in [0.29, 0.717) is 48.8 Å². The van der Waals surface area contributed by atoms with Gasteiger partial charge in [-0.1, -0.05) is 12.5 Å². The van der Waals surface area contributed by atoms with Crippen LogP contribution in [0.4, 0.5) is 0 Å². The number of phenolic OH excluding ortho intramolecular Hbond substituents is 1. The normalized spacial score (nSPS) is 28.4. The average molecular weight is 521 g/mol. The Labute approximate surface area is 215 Å². The zero-order valence-corrected chi connectivity index (χ0v) is 21.0. The van der Waals surface area contributed by atoms with Crippen molar-refractivity contribution in [3.8, 4) is 34.1 Å². The van der Waals surface area contributed by atoms with E-state index in [1.165, 1.54) is 14.2 Å². The Morgan fingerprint density at radius 3 is 2.30 bits per heavy atom. The maximum absolute atomic E-state index is 10.8. The molecule has 1 heterocycles. The number of aliphatic hydroxyl groups is 5. The Kier molecular flexibility index (Phi) is 8.79. The SMILES string of the molecule is COc1c2cc(c(O[C@@H]3O[C@H](CO)[C@@H](O)[C@H](O)[C@H]3O)c1OC)CCCC[C@H](O)CCc1ccc(O)c-2c1. The van der Waals surface area contributed by atoms with Gasteiger partial charge in [-0.3, -0.25) is 0 Å². The van der Waals surface area contributed by atoms with Crippen LogP contribution in [0.1, 0.15) is 36.8 Å². The van der Waals surface area contributed by atoms with Gasteiger partial charge in [0.25, 0.3) is 0 Å². The number of hydrogen-bond acceptors (Lipinski definition) is 10. The molecule has 2 aliphatic rings. The molecule has 6 N–H and O–H groups in total. The van der Waals surface area contributed by atoms with E-state index >= 15 is 0 Å². The summed E-state index contributed by atoms with van der Waals surface area (Å²) in [5.41, 5.74) is 2.73. The molecule has 1 saturated heterocycles. The van der Waals surface area contributed by atoms with Crippen LogP contribution in [-0.2, 0) is 17.6 Å². The zero-order valence-electron chi connectivity index (χ0n) is 21.0. The molecule has 0 aromatic heterocycles. The molecule has 4 bridgehead atoms. The Balaban J connectivity index is 1.84. The van der Waals surface area contributed by atoms with Crippen molar-refractivity contribution in [2.75, 3.05) is 20.8 Å². The number of aromatic hydroxyl groups is 1. The summed E-state index contributed by atoms with van der Waals surface area (Å²) < 4.78 is 23.1. The number of phenols is 1. The van der Waals surface area contributed by atoms with Gasteiger partial charge >= 0.3 is 0 Å².